The molecule has 0 aliphatic heterocycles. The van der Waals surface area contributed by atoms with Gasteiger partial charge in [-0.05, 0) is 61.0 Å². The molecule has 0 aliphatic carbocycles. The highest BCUT2D eigenvalue weighted by molar-refractivity contribution is 7.89. The number of hydrogen-bond donors (Lipinski definition) is 3. The van der Waals surface area contributed by atoms with Crippen LogP contribution in [0.15, 0.2) is 83.8 Å². The number of sulfonamides is 1. The summed E-state index contributed by atoms with van der Waals surface area (Å²) >= 11 is 0. The quantitative estimate of drug-likeness (QED) is 0.428. The Hall–Kier alpha value is -3.69. The number of hydrogen-bond acceptors (Lipinski definition) is 5. The van der Waals surface area contributed by atoms with Crippen LogP contribution in [-0.4, -0.2) is 38.1 Å². The van der Waals surface area contributed by atoms with E-state index in [1.165, 1.54) is 38.2 Å². The van der Waals surface area contributed by atoms with Crippen molar-refractivity contribution in [2.75, 3.05) is 29.5 Å². The number of nitrogens with one attached hydrogen (secondary N) is 3. The summed E-state index contributed by atoms with van der Waals surface area (Å²) in [6, 6.07) is 23.2. The van der Waals surface area contributed by atoms with Gasteiger partial charge in [-0.25, -0.2) is 8.42 Å². The van der Waals surface area contributed by atoms with Gasteiger partial charge in [0.2, 0.25) is 21.8 Å². The third-order valence-corrected chi connectivity index (χ3v) is 6.92. The molecule has 3 N–H and O–H groups in total. The number of likely N-dealkylation sites (N-methyl/N-ethyl adjacent to an activating group) is 1. The van der Waals surface area contributed by atoms with Crippen LogP contribution in [0.4, 0.5) is 17.1 Å². The van der Waals surface area contributed by atoms with E-state index in [4.69, 9.17) is 0 Å². The minimum atomic E-state index is -3.87. The van der Waals surface area contributed by atoms with E-state index < -0.39 is 15.9 Å². The van der Waals surface area contributed by atoms with Crippen LogP contribution >= 0.6 is 0 Å². The zero-order valence-corrected chi connectivity index (χ0v) is 20.1. The molecule has 9 heteroatoms. The van der Waals surface area contributed by atoms with Gasteiger partial charge in [0.05, 0.1) is 11.4 Å². The van der Waals surface area contributed by atoms with Crippen LogP contribution in [0.3, 0.4) is 0 Å². The number of benzene rings is 3. The maximum Gasteiger partial charge on any atom is 0.243 e. The van der Waals surface area contributed by atoms with E-state index in [1.807, 2.05) is 42.5 Å². The fourth-order valence-electron chi connectivity index (χ4n) is 3.31. The first-order valence-electron chi connectivity index (χ1n) is 10.7. The van der Waals surface area contributed by atoms with Crippen molar-refractivity contribution in [3.05, 3.63) is 84.4 Å². The van der Waals surface area contributed by atoms with Crippen LogP contribution in [-0.2, 0) is 19.6 Å². The lowest BCUT2D eigenvalue weighted by Crippen LogP contribution is -2.34. The van der Waals surface area contributed by atoms with Gasteiger partial charge in [0.25, 0.3) is 0 Å². The molecule has 3 aromatic carbocycles. The number of carbonyl (C=O) groups excluding carboxylic acids is 2. The Balaban J connectivity index is 1.56. The highest BCUT2D eigenvalue weighted by atomic mass is 32.2. The molecule has 8 nitrogen and oxygen atoms in total. The molecule has 0 aromatic heterocycles. The zero-order chi connectivity index (χ0) is 24.7. The van der Waals surface area contributed by atoms with Gasteiger partial charge in [0.15, 0.2) is 0 Å². The Morgan fingerprint density at radius 3 is 1.94 bits per heavy atom. The third kappa shape index (κ3) is 6.66. The van der Waals surface area contributed by atoms with Crippen LogP contribution in [0.25, 0.3) is 0 Å². The molecule has 34 heavy (non-hydrogen) atoms. The number of nitrogens with zero attached hydrogens (tertiary/aromatic N) is 1. The molecule has 0 heterocycles. The molecule has 1 unspecified atom stereocenters. The molecule has 178 valence electrons. The summed E-state index contributed by atoms with van der Waals surface area (Å²) in [5.41, 5.74) is 3.11. The Bertz CT molecular complexity index is 1230. The molecule has 0 saturated heterocycles. The van der Waals surface area contributed by atoms with E-state index in [0.717, 1.165) is 15.6 Å². The van der Waals surface area contributed by atoms with Crippen molar-refractivity contribution in [3.63, 3.8) is 0 Å². The lowest BCUT2D eigenvalue weighted by molar-refractivity contribution is -0.116. The maximum atomic E-state index is 12.8. The first-order valence-corrected chi connectivity index (χ1v) is 12.1. The van der Waals surface area contributed by atoms with Crippen molar-refractivity contribution in [2.24, 2.45) is 0 Å². The molecule has 0 bridgehead atoms. The highest BCUT2D eigenvalue weighted by Crippen LogP contribution is 2.21. The smallest absolute Gasteiger partial charge is 0.243 e. The van der Waals surface area contributed by atoms with E-state index in [2.05, 4.69) is 22.9 Å². The van der Waals surface area contributed by atoms with Gasteiger partial charge in [-0.15, -0.1) is 0 Å². The average molecular weight is 481 g/mol. The summed E-state index contributed by atoms with van der Waals surface area (Å²) < 4.78 is 26.5. The Morgan fingerprint density at radius 2 is 1.35 bits per heavy atom. The molecule has 0 spiro atoms. The van der Waals surface area contributed by atoms with Crippen molar-refractivity contribution in [2.45, 2.75) is 24.8 Å². The molecule has 3 aromatic rings. The standard InChI is InChI=1S/C25H28N4O4S/c1-18(20-7-5-4-6-8-20)26-21-9-11-23(12-10-21)28-25(31)17-29(3)34(32,33)24-15-13-22(14-16-24)27-19(2)30/h4-16,18,26H,17H2,1-3H3,(H,27,30)(H,28,31). The summed E-state index contributed by atoms with van der Waals surface area (Å²) in [6.07, 6.45) is 0. The second kappa shape index (κ2) is 11.0. The van der Waals surface area contributed by atoms with Gasteiger partial charge >= 0.3 is 0 Å². The molecule has 2 amide bonds. The lowest BCUT2D eigenvalue weighted by Gasteiger charge is -2.18. The van der Waals surface area contributed by atoms with Gasteiger partial charge in [0, 0.05) is 37.1 Å². The van der Waals surface area contributed by atoms with E-state index in [9.17, 15) is 18.0 Å². The monoisotopic (exact) mass is 480 g/mol. The summed E-state index contributed by atoms with van der Waals surface area (Å²) in [5.74, 6) is -0.710. The maximum absolute atomic E-state index is 12.8. The zero-order valence-electron chi connectivity index (χ0n) is 19.3. The molecule has 0 radical (unpaired) electrons. The lowest BCUT2D eigenvalue weighted by atomic mass is 10.1. The van der Waals surface area contributed by atoms with Gasteiger partial charge in [-0.3, -0.25) is 9.59 Å². The molecule has 0 aliphatic rings. The first-order chi connectivity index (χ1) is 16.1. The minimum Gasteiger partial charge on any atom is -0.379 e. The number of carbonyl (C=O) groups is 2. The molecule has 3 rings (SSSR count). The van der Waals surface area contributed by atoms with Crippen LogP contribution in [0, 0.1) is 0 Å². The van der Waals surface area contributed by atoms with Crippen molar-refractivity contribution >= 4 is 38.9 Å². The van der Waals surface area contributed by atoms with Gasteiger partial charge < -0.3 is 16.0 Å². The molecule has 0 saturated carbocycles. The topological polar surface area (TPSA) is 108 Å². The summed E-state index contributed by atoms with van der Waals surface area (Å²) in [5, 5.41) is 8.70. The second-order valence-corrected chi connectivity index (χ2v) is 9.91. The third-order valence-electron chi connectivity index (χ3n) is 5.10. The summed E-state index contributed by atoms with van der Waals surface area (Å²) in [7, 11) is -2.53. The van der Waals surface area contributed by atoms with Gasteiger partial charge in [-0.1, -0.05) is 30.3 Å². The van der Waals surface area contributed by atoms with Crippen LogP contribution < -0.4 is 16.0 Å². The fourth-order valence-corrected chi connectivity index (χ4v) is 4.43. The number of rotatable bonds is 9. The number of anilines is 3. The van der Waals surface area contributed by atoms with Crippen molar-refractivity contribution in [3.8, 4) is 0 Å². The Morgan fingerprint density at radius 1 is 0.824 bits per heavy atom. The predicted octanol–water partition coefficient (Wildman–Crippen LogP) is 4.08. The van der Waals surface area contributed by atoms with Crippen LogP contribution in [0.5, 0.6) is 0 Å². The van der Waals surface area contributed by atoms with Crippen molar-refractivity contribution < 1.29 is 18.0 Å². The van der Waals surface area contributed by atoms with Crippen LogP contribution in [0.2, 0.25) is 0 Å². The van der Waals surface area contributed by atoms with E-state index in [-0.39, 0.29) is 23.4 Å². The van der Waals surface area contributed by atoms with Crippen molar-refractivity contribution in [1.82, 2.24) is 4.31 Å². The fraction of sp³-hybridized carbons (Fsp3) is 0.200. The first kappa shape index (κ1) is 24.9. The summed E-state index contributed by atoms with van der Waals surface area (Å²) in [6.45, 7) is 3.09. The molecular formula is C25H28N4O4S. The van der Waals surface area contributed by atoms with E-state index in [0.29, 0.717) is 11.4 Å². The van der Waals surface area contributed by atoms with Crippen molar-refractivity contribution in [1.29, 1.82) is 0 Å². The Kier molecular flexibility index (Phi) is 8.04. The molecule has 0 fully saturated rings. The SMILES string of the molecule is CC(=O)Nc1ccc(S(=O)(=O)N(C)CC(=O)Nc2ccc(NC(C)c3ccccc3)cc2)cc1. The highest BCUT2D eigenvalue weighted by Gasteiger charge is 2.23. The molecule has 1 atom stereocenters. The predicted molar refractivity (Wildman–Crippen MR) is 134 cm³/mol. The number of amides is 2. The summed E-state index contributed by atoms with van der Waals surface area (Å²) in [4.78, 5) is 23.6. The van der Waals surface area contributed by atoms with Gasteiger partial charge in [0.1, 0.15) is 0 Å². The van der Waals surface area contributed by atoms with Gasteiger partial charge in [-0.2, -0.15) is 4.31 Å². The molecular weight excluding hydrogens is 452 g/mol. The van der Waals surface area contributed by atoms with Crippen LogP contribution in [0.1, 0.15) is 25.5 Å². The van der Waals surface area contributed by atoms with E-state index >= 15 is 0 Å². The largest absolute Gasteiger partial charge is 0.379 e. The minimum absolute atomic E-state index is 0.0277. The second-order valence-electron chi connectivity index (χ2n) is 7.87. The van der Waals surface area contributed by atoms with E-state index in [1.54, 1.807) is 12.1 Å². The normalized spacial score (nSPS) is 12.1. The Labute approximate surface area is 200 Å². The average Bonchev–Trinajstić information content (AvgIpc) is 2.80.